The summed E-state index contributed by atoms with van der Waals surface area (Å²) in [6, 6.07) is 6.41. The molecule has 0 radical (unpaired) electrons. The van der Waals surface area contributed by atoms with Gasteiger partial charge < -0.3 is 10.3 Å². The molecule has 2 aromatic rings. The zero-order chi connectivity index (χ0) is 11.1. The monoisotopic (exact) mass is 298 g/mol. The molecule has 84 valence electrons. The number of hydrogen-bond acceptors (Lipinski definition) is 1. The summed E-state index contributed by atoms with van der Waals surface area (Å²) in [7, 11) is 0. The fraction of sp³-hybridized carbons (Fsp3) is 0.333. The molecule has 2 heterocycles. The Balaban J connectivity index is 2.18. The van der Waals surface area contributed by atoms with Crippen molar-refractivity contribution in [3.63, 3.8) is 0 Å². The van der Waals surface area contributed by atoms with Crippen LogP contribution in [0.25, 0.3) is 10.9 Å². The topological polar surface area (TPSA) is 27.8 Å². The first-order valence-corrected chi connectivity index (χ1v) is 6.63. The van der Waals surface area contributed by atoms with Gasteiger partial charge in [-0.15, -0.1) is 0 Å². The van der Waals surface area contributed by atoms with Crippen LogP contribution in [0.15, 0.2) is 22.7 Å². The van der Waals surface area contributed by atoms with Crippen LogP contribution in [-0.2, 0) is 0 Å². The van der Waals surface area contributed by atoms with Gasteiger partial charge in [-0.05, 0) is 41.4 Å². The van der Waals surface area contributed by atoms with Gasteiger partial charge >= 0.3 is 0 Å². The fourth-order valence-electron chi connectivity index (χ4n) is 2.34. The maximum absolute atomic E-state index is 6.18. The maximum atomic E-state index is 6.18. The van der Waals surface area contributed by atoms with Gasteiger partial charge in [0.25, 0.3) is 0 Å². The summed E-state index contributed by atoms with van der Waals surface area (Å²) >= 11 is 9.84. The van der Waals surface area contributed by atoms with Crippen LogP contribution in [0.1, 0.15) is 24.6 Å². The molecule has 1 aliphatic heterocycles. The Bertz CT molecular complexity index is 529. The van der Waals surface area contributed by atoms with E-state index in [1.807, 2.05) is 12.1 Å². The SMILES string of the molecule is Clc1cccc2c(Br)c(C3CCCN3)[nH]c12. The molecule has 0 bridgehead atoms. The largest absolute Gasteiger partial charge is 0.355 e. The normalized spacial score (nSPS) is 20.8. The molecule has 1 unspecified atom stereocenters. The molecule has 16 heavy (non-hydrogen) atoms. The van der Waals surface area contributed by atoms with Crippen molar-refractivity contribution in [2.75, 3.05) is 6.54 Å². The van der Waals surface area contributed by atoms with E-state index in [0.29, 0.717) is 6.04 Å². The van der Waals surface area contributed by atoms with Gasteiger partial charge in [-0.25, -0.2) is 0 Å². The van der Waals surface area contributed by atoms with Gasteiger partial charge in [-0.2, -0.15) is 0 Å². The molecule has 4 heteroatoms. The number of hydrogen-bond donors (Lipinski definition) is 2. The van der Waals surface area contributed by atoms with Crippen LogP contribution in [-0.4, -0.2) is 11.5 Å². The van der Waals surface area contributed by atoms with E-state index in [4.69, 9.17) is 11.6 Å². The Morgan fingerprint density at radius 2 is 2.25 bits per heavy atom. The minimum atomic E-state index is 0.429. The van der Waals surface area contributed by atoms with Gasteiger partial charge in [0.05, 0.1) is 10.5 Å². The first-order chi connectivity index (χ1) is 7.77. The lowest BCUT2D eigenvalue weighted by Gasteiger charge is -2.08. The average molecular weight is 300 g/mol. The molecule has 1 aromatic carbocycles. The molecular formula is C12H12BrClN2. The van der Waals surface area contributed by atoms with E-state index in [9.17, 15) is 0 Å². The summed E-state index contributed by atoms with van der Waals surface area (Å²) in [5.74, 6) is 0. The highest BCUT2D eigenvalue weighted by Crippen LogP contribution is 2.36. The molecule has 1 atom stereocenters. The maximum Gasteiger partial charge on any atom is 0.0657 e. The fourth-order valence-corrected chi connectivity index (χ4v) is 3.27. The lowest BCUT2D eigenvalue weighted by atomic mass is 10.1. The van der Waals surface area contributed by atoms with Crippen molar-refractivity contribution < 1.29 is 0 Å². The van der Waals surface area contributed by atoms with Gasteiger partial charge in [-0.1, -0.05) is 23.7 Å². The second-order valence-corrected chi connectivity index (χ2v) is 5.36. The van der Waals surface area contributed by atoms with Gasteiger partial charge in [-0.3, -0.25) is 0 Å². The Hall–Kier alpha value is -0.510. The van der Waals surface area contributed by atoms with Crippen LogP contribution in [0.5, 0.6) is 0 Å². The van der Waals surface area contributed by atoms with E-state index in [1.165, 1.54) is 18.5 Å². The quantitative estimate of drug-likeness (QED) is 0.818. The Labute approximate surface area is 107 Å². The lowest BCUT2D eigenvalue weighted by molar-refractivity contribution is 0.630. The molecule has 0 aliphatic carbocycles. The van der Waals surface area contributed by atoms with Gasteiger partial charge in [0.1, 0.15) is 0 Å². The summed E-state index contributed by atoms with van der Waals surface area (Å²) in [6.07, 6.45) is 2.42. The highest BCUT2D eigenvalue weighted by molar-refractivity contribution is 9.10. The smallest absolute Gasteiger partial charge is 0.0657 e. The second-order valence-electron chi connectivity index (χ2n) is 4.16. The van der Waals surface area contributed by atoms with Crippen LogP contribution in [0, 0.1) is 0 Å². The molecular weight excluding hydrogens is 288 g/mol. The minimum Gasteiger partial charge on any atom is -0.355 e. The van der Waals surface area contributed by atoms with E-state index >= 15 is 0 Å². The van der Waals surface area contributed by atoms with E-state index in [0.717, 1.165) is 26.9 Å². The standard InChI is InChI=1S/C12H12BrClN2/c13-10-7-3-1-4-8(14)11(7)16-12(10)9-5-2-6-15-9/h1,3-4,9,15-16H,2,5-6H2. The molecule has 3 rings (SSSR count). The molecule has 2 N–H and O–H groups in total. The molecule has 1 saturated heterocycles. The van der Waals surface area contributed by atoms with Gasteiger partial charge in [0, 0.05) is 21.6 Å². The van der Waals surface area contributed by atoms with Crippen molar-refractivity contribution in [1.29, 1.82) is 0 Å². The van der Waals surface area contributed by atoms with Crippen LogP contribution >= 0.6 is 27.5 Å². The Morgan fingerprint density at radius 3 is 2.94 bits per heavy atom. The van der Waals surface area contributed by atoms with Crippen LogP contribution < -0.4 is 5.32 Å². The summed E-state index contributed by atoms with van der Waals surface area (Å²) in [5.41, 5.74) is 2.25. The first kappa shape index (κ1) is 10.6. The number of nitrogens with one attached hydrogen (secondary N) is 2. The third-order valence-corrected chi connectivity index (χ3v) is 4.32. The Morgan fingerprint density at radius 1 is 1.38 bits per heavy atom. The number of para-hydroxylation sites is 1. The number of aromatic amines is 1. The number of aromatic nitrogens is 1. The summed E-state index contributed by atoms with van der Waals surface area (Å²) < 4.78 is 1.14. The van der Waals surface area contributed by atoms with Crippen molar-refractivity contribution in [3.8, 4) is 0 Å². The number of fused-ring (bicyclic) bond motifs is 1. The lowest BCUT2D eigenvalue weighted by Crippen LogP contribution is -2.13. The van der Waals surface area contributed by atoms with Crippen molar-refractivity contribution in [2.45, 2.75) is 18.9 Å². The van der Waals surface area contributed by atoms with E-state index in [2.05, 4.69) is 32.3 Å². The van der Waals surface area contributed by atoms with Gasteiger partial charge in [0.15, 0.2) is 0 Å². The van der Waals surface area contributed by atoms with Crippen molar-refractivity contribution >= 4 is 38.4 Å². The number of rotatable bonds is 1. The summed E-state index contributed by atoms with van der Waals surface area (Å²) in [4.78, 5) is 3.43. The van der Waals surface area contributed by atoms with Crippen molar-refractivity contribution in [2.24, 2.45) is 0 Å². The highest BCUT2D eigenvalue weighted by Gasteiger charge is 2.22. The molecule has 1 aliphatic rings. The predicted octanol–water partition coefficient (Wildman–Crippen LogP) is 4.01. The molecule has 1 aromatic heterocycles. The van der Waals surface area contributed by atoms with E-state index in [1.54, 1.807) is 0 Å². The van der Waals surface area contributed by atoms with Crippen LogP contribution in [0.2, 0.25) is 5.02 Å². The predicted molar refractivity (Wildman–Crippen MR) is 71.0 cm³/mol. The number of halogens is 2. The summed E-state index contributed by atoms with van der Waals surface area (Å²) in [5, 5.41) is 5.43. The molecule has 1 fully saturated rings. The van der Waals surface area contributed by atoms with Crippen molar-refractivity contribution in [1.82, 2.24) is 10.3 Å². The van der Waals surface area contributed by atoms with E-state index < -0.39 is 0 Å². The average Bonchev–Trinajstić information content (AvgIpc) is 2.88. The molecule has 0 saturated carbocycles. The zero-order valence-corrected chi connectivity index (χ0v) is 11.0. The highest BCUT2D eigenvalue weighted by atomic mass is 79.9. The minimum absolute atomic E-state index is 0.429. The van der Waals surface area contributed by atoms with Gasteiger partial charge in [0.2, 0.25) is 0 Å². The third-order valence-electron chi connectivity index (χ3n) is 3.15. The molecule has 0 spiro atoms. The van der Waals surface area contributed by atoms with Crippen LogP contribution in [0.4, 0.5) is 0 Å². The number of benzene rings is 1. The second kappa shape index (κ2) is 4.06. The molecule has 2 nitrogen and oxygen atoms in total. The van der Waals surface area contributed by atoms with E-state index in [-0.39, 0.29) is 0 Å². The van der Waals surface area contributed by atoms with Crippen molar-refractivity contribution in [3.05, 3.63) is 33.4 Å². The zero-order valence-electron chi connectivity index (χ0n) is 8.69. The first-order valence-electron chi connectivity index (χ1n) is 5.46. The molecule has 0 amide bonds. The Kier molecular flexibility index (Phi) is 2.70. The third kappa shape index (κ3) is 1.58. The number of H-pyrrole nitrogens is 1. The van der Waals surface area contributed by atoms with Crippen LogP contribution in [0.3, 0.4) is 0 Å². The summed E-state index contributed by atoms with van der Waals surface area (Å²) in [6.45, 7) is 1.10.